The standard InChI is InChI=1S/C33H37FN6O3/c34-22-17-21-12-13-23(37-31(21)26(35)18-22)19-39-15-16-40(20-29(39)33(42)43)30(41)11-5-6-14-36-32-24-7-1-3-9-27(24)38-28-10-4-2-8-25(28)32/h1,3,7,9,12-13,17-18,29H,2,4-6,8,10-11,14-16,19-20,35H2,(H,36,38)(H,42,43). The average Bonchev–Trinajstić information content (AvgIpc) is 3.00. The van der Waals surface area contributed by atoms with Gasteiger partial charge in [-0.25, -0.2) is 9.37 Å². The van der Waals surface area contributed by atoms with Crippen LogP contribution in [0.2, 0.25) is 0 Å². The van der Waals surface area contributed by atoms with Crippen LogP contribution in [0.1, 0.15) is 49.1 Å². The first-order valence-corrected chi connectivity index (χ1v) is 15.1. The first-order chi connectivity index (χ1) is 20.9. The number of benzene rings is 2. The number of carboxylic acid groups (broad SMARTS) is 1. The molecule has 1 atom stereocenters. The summed E-state index contributed by atoms with van der Waals surface area (Å²) in [6.45, 7) is 2.06. The zero-order valence-electron chi connectivity index (χ0n) is 24.2. The molecule has 1 aliphatic heterocycles. The van der Waals surface area contributed by atoms with Gasteiger partial charge in [0.25, 0.3) is 0 Å². The van der Waals surface area contributed by atoms with Crippen LogP contribution >= 0.6 is 0 Å². The van der Waals surface area contributed by atoms with Crippen molar-refractivity contribution in [3.05, 3.63) is 71.3 Å². The third kappa shape index (κ3) is 6.24. The van der Waals surface area contributed by atoms with Gasteiger partial charge < -0.3 is 21.1 Å². The van der Waals surface area contributed by atoms with Gasteiger partial charge in [0.15, 0.2) is 0 Å². The number of aliphatic carboxylic acids is 1. The van der Waals surface area contributed by atoms with Gasteiger partial charge in [-0.05, 0) is 68.4 Å². The zero-order chi connectivity index (χ0) is 29.9. The van der Waals surface area contributed by atoms with E-state index in [4.69, 9.17) is 10.7 Å². The molecule has 0 bridgehead atoms. The molecule has 224 valence electrons. The van der Waals surface area contributed by atoms with Gasteiger partial charge in [0.2, 0.25) is 5.91 Å². The summed E-state index contributed by atoms with van der Waals surface area (Å²) in [4.78, 5) is 38.2. The summed E-state index contributed by atoms with van der Waals surface area (Å²) in [5.74, 6) is -1.42. The fourth-order valence-electron chi connectivity index (χ4n) is 6.38. The molecule has 1 fully saturated rings. The number of unbranched alkanes of at least 4 members (excludes halogenated alkanes) is 1. The van der Waals surface area contributed by atoms with Gasteiger partial charge in [-0.2, -0.15) is 0 Å². The number of fused-ring (bicyclic) bond motifs is 3. The molecular formula is C33H37FN6O3. The second-order valence-corrected chi connectivity index (χ2v) is 11.6. The smallest absolute Gasteiger partial charge is 0.322 e. The first kappa shape index (κ1) is 28.8. The number of nitrogen functional groups attached to an aromatic ring is 1. The van der Waals surface area contributed by atoms with Crippen LogP contribution in [0.4, 0.5) is 15.8 Å². The number of nitrogens with two attached hydrogens (primary N) is 1. The first-order valence-electron chi connectivity index (χ1n) is 15.1. The van der Waals surface area contributed by atoms with Gasteiger partial charge in [-0.1, -0.05) is 24.3 Å². The Kier molecular flexibility index (Phi) is 8.38. The van der Waals surface area contributed by atoms with E-state index in [-0.39, 0.29) is 18.1 Å². The Morgan fingerprint density at radius 3 is 2.74 bits per heavy atom. The Bertz CT molecular complexity index is 1680. The van der Waals surface area contributed by atoms with Crippen LogP contribution in [-0.2, 0) is 29.0 Å². The van der Waals surface area contributed by atoms with Crippen molar-refractivity contribution < 1.29 is 19.1 Å². The highest BCUT2D eigenvalue weighted by Gasteiger charge is 2.34. The number of carbonyl (C=O) groups is 2. The van der Waals surface area contributed by atoms with E-state index >= 15 is 0 Å². The van der Waals surface area contributed by atoms with E-state index in [0.29, 0.717) is 42.7 Å². The minimum absolute atomic E-state index is 0.0173. The summed E-state index contributed by atoms with van der Waals surface area (Å²) in [5, 5.41) is 15.4. The molecule has 3 heterocycles. The summed E-state index contributed by atoms with van der Waals surface area (Å²) in [6, 6.07) is 13.5. The van der Waals surface area contributed by atoms with Crippen molar-refractivity contribution in [1.29, 1.82) is 0 Å². The van der Waals surface area contributed by atoms with Gasteiger partial charge in [-0.3, -0.25) is 19.5 Å². The number of halogens is 1. The number of nitrogens with one attached hydrogen (secondary N) is 1. The topological polar surface area (TPSA) is 125 Å². The minimum Gasteiger partial charge on any atom is -0.480 e. The van der Waals surface area contributed by atoms with Gasteiger partial charge >= 0.3 is 5.97 Å². The van der Waals surface area contributed by atoms with Crippen molar-refractivity contribution in [3.8, 4) is 0 Å². The lowest BCUT2D eigenvalue weighted by Gasteiger charge is -2.39. The van der Waals surface area contributed by atoms with Crippen LogP contribution in [0, 0.1) is 5.82 Å². The highest BCUT2D eigenvalue weighted by molar-refractivity contribution is 5.93. The van der Waals surface area contributed by atoms with Crippen LogP contribution in [-0.4, -0.2) is 69.0 Å². The highest BCUT2D eigenvalue weighted by atomic mass is 19.1. The SMILES string of the molecule is Nc1cc(F)cc2ccc(CN3CCN(C(=O)CCCCNc4c5c(nc6ccccc46)CCCC5)CC3C(=O)O)nc12. The summed E-state index contributed by atoms with van der Waals surface area (Å²) < 4.78 is 13.7. The largest absolute Gasteiger partial charge is 0.480 e. The normalized spacial score (nSPS) is 17.2. The van der Waals surface area contributed by atoms with Crippen molar-refractivity contribution in [3.63, 3.8) is 0 Å². The molecule has 43 heavy (non-hydrogen) atoms. The predicted octanol–water partition coefficient (Wildman–Crippen LogP) is 4.76. The average molecular weight is 585 g/mol. The number of aryl methyl sites for hydroxylation is 1. The lowest BCUT2D eigenvalue weighted by atomic mass is 9.92. The summed E-state index contributed by atoms with van der Waals surface area (Å²) in [7, 11) is 0. The van der Waals surface area contributed by atoms with Crippen LogP contribution < -0.4 is 11.1 Å². The summed E-state index contributed by atoms with van der Waals surface area (Å²) >= 11 is 0. The Morgan fingerprint density at radius 1 is 1.05 bits per heavy atom. The van der Waals surface area contributed by atoms with Crippen molar-refractivity contribution in [2.75, 3.05) is 37.2 Å². The molecule has 9 nitrogen and oxygen atoms in total. The van der Waals surface area contributed by atoms with E-state index in [1.54, 1.807) is 17.0 Å². The van der Waals surface area contributed by atoms with Gasteiger partial charge in [0.05, 0.1) is 22.4 Å². The van der Waals surface area contributed by atoms with Crippen molar-refractivity contribution in [1.82, 2.24) is 19.8 Å². The van der Waals surface area contributed by atoms with E-state index in [9.17, 15) is 19.1 Å². The maximum Gasteiger partial charge on any atom is 0.322 e. The van der Waals surface area contributed by atoms with E-state index in [1.807, 2.05) is 17.0 Å². The lowest BCUT2D eigenvalue weighted by Crippen LogP contribution is -2.57. The number of aromatic nitrogens is 2. The molecule has 2 aromatic carbocycles. The number of rotatable bonds is 9. The molecule has 1 aliphatic carbocycles. The Hall–Kier alpha value is -4.31. The van der Waals surface area contributed by atoms with Crippen LogP contribution in [0.3, 0.4) is 0 Å². The van der Waals surface area contributed by atoms with Gasteiger partial charge in [0, 0.05) is 61.3 Å². The van der Waals surface area contributed by atoms with Crippen LogP contribution in [0.15, 0.2) is 48.5 Å². The number of carbonyl (C=O) groups excluding carboxylic acids is 1. The molecule has 10 heteroatoms. The van der Waals surface area contributed by atoms with Crippen molar-refractivity contribution in [2.24, 2.45) is 0 Å². The number of pyridine rings is 2. The van der Waals surface area contributed by atoms with Crippen LogP contribution in [0.25, 0.3) is 21.8 Å². The van der Waals surface area contributed by atoms with Gasteiger partial charge in [0.1, 0.15) is 11.9 Å². The number of para-hydroxylation sites is 1. The molecule has 2 aliphatic rings. The third-order valence-corrected chi connectivity index (χ3v) is 8.63. The molecule has 4 N–H and O–H groups in total. The number of carboxylic acids is 1. The maximum absolute atomic E-state index is 13.7. The van der Waals surface area contributed by atoms with Crippen molar-refractivity contribution in [2.45, 2.75) is 57.5 Å². The molecular weight excluding hydrogens is 547 g/mol. The van der Waals surface area contributed by atoms with E-state index in [2.05, 4.69) is 22.4 Å². The molecule has 0 spiro atoms. The Balaban J connectivity index is 1.02. The number of anilines is 2. The number of hydrogen-bond donors (Lipinski definition) is 3. The Labute approximate surface area is 249 Å². The monoisotopic (exact) mass is 584 g/mol. The lowest BCUT2D eigenvalue weighted by molar-refractivity contribution is -0.149. The second kappa shape index (κ2) is 12.5. The molecule has 1 amide bonds. The minimum atomic E-state index is -0.975. The summed E-state index contributed by atoms with van der Waals surface area (Å²) in [5.41, 5.74) is 12.1. The molecule has 2 aromatic heterocycles. The quantitative estimate of drug-likeness (QED) is 0.190. The molecule has 6 rings (SSSR count). The van der Waals surface area contributed by atoms with Gasteiger partial charge in [-0.15, -0.1) is 0 Å². The molecule has 0 saturated carbocycles. The van der Waals surface area contributed by atoms with E-state index < -0.39 is 17.8 Å². The van der Waals surface area contributed by atoms with E-state index in [1.165, 1.54) is 41.9 Å². The molecule has 1 unspecified atom stereocenters. The predicted molar refractivity (Wildman–Crippen MR) is 165 cm³/mol. The number of hydrogen-bond acceptors (Lipinski definition) is 7. The summed E-state index contributed by atoms with van der Waals surface area (Å²) in [6.07, 6.45) is 6.34. The fraction of sp³-hybridized carbons (Fsp3) is 0.394. The van der Waals surface area contributed by atoms with Crippen LogP contribution in [0.5, 0.6) is 0 Å². The zero-order valence-corrected chi connectivity index (χ0v) is 24.2. The maximum atomic E-state index is 13.7. The molecule has 4 aromatic rings. The van der Waals surface area contributed by atoms with E-state index in [0.717, 1.165) is 43.1 Å². The third-order valence-electron chi connectivity index (χ3n) is 8.63. The highest BCUT2D eigenvalue weighted by Crippen LogP contribution is 2.33. The molecule has 0 radical (unpaired) electrons. The number of amides is 1. The fourth-order valence-corrected chi connectivity index (χ4v) is 6.38. The second-order valence-electron chi connectivity index (χ2n) is 11.6. The molecule has 1 saturated heterocycles. The number of piperazine rings is 1. The number of nitrogens with zero attached hydrogens (tertiary/aromatic N) is 4. The van der Waals surface area contributed by atoms with Crippen molar-refractivity contribution >= 4 is 45.1 Å². The Morgan fingerprint density at radius 2 is 1.88 bits per heavy atom.